The van der Waals surface area contributed by atoms with E-state index < -0.39 is 0 Å². The molecule has 0 bridgehead atoms. The lowest BCUT2D eigenvalue weighted by Crippen LogP contribution is -2.04. The Hall–Kier alpha value is -1.39. The molecule has 90 valence electrons. The average Bonchev–Trinajstić information content (AvgIpc) is 2.73. The zero-order valence-electron chi connectivity index (χ0n) is 10.0. The van der Waals surface area contributed by atoms with Crippen molar-refractivity contribution in [1.82, 2.24) is 4.98 Å². The summed E-state index contributed by atoms with van der Waals surface area (Å²) >= 11 is 1.62. The van der Waals surface area contributed by atoms with Crippen LogP contribution in [0.1, 0.15) is 29.2 Å². The Kier molecular flexibility index (Phi) is 3.76. The van der Waals surface area contributed by atoms with Crippen LogP contribution in [0.15, 0.2) is 29.6 Å². The number of benzene rings is 1. The zero-order valence-corrected chi connectivity index (χ0v) is 10.8. The zero-order chi connectivity index (χ0) is 12.3. The standard InChI is InChI=1S/C13H16N2OS/c1-9-8-17-13(15-9)7-16-12-5-3-11(4-6-12)10(2)14/h3-6,8,10H,7,14H2,1-2H3/t10-/m0/s1. The molecular formula is C13H16N2OS. The molecule has 1 aromatic heterocycles. The number of ether oxygens (including phenoxy) is 1. The highest BCUT2D eigenvalue weighted by atomic mass is 32.1. The van der Waals surface area contributed by atoms with Gasteiger partial charge in [-0.1, -0.05) is 12.1 Å². The molecule has 0 fully saturated rings. The highest BCUT2D eigenvalue weighted by Gasteiger charge is 2.02. The number of nitrogens with zero attached hydrogens (tertiary/aromatic N) is 1. The third kappa shape index (κ3) is 3.28. The maximum absolute atomic E-state index is 5.78. The lowest BCUT2D eigenvalue weighted by molar-refractivity contribution is 0.305. The number of hydrogen-bond donors (Lipinski definition) is 1. The van der Waals surface area contributed by atoms with Crippen LogP contribution in [0.5, 0.6) is 5.75 Å². The number of rotatable bonds is 4. The summed E-state index contributed by atoms with van der Waals surface area (Å²) in [7, 11) is 0. The molecule has 0 saturated heterocycles. The first-order chi connectivity index (χ1) is 8.15. The fourth-order valence-electron chi connectivity index (χ4n) is 1.48. The predicted molar refractivity (Wildman–Crippen MR) is 70.2 cm³/mol. The maximum Gasteiger partial charge on any atom is 0.140 e. The second kappa shape index (κ2) is 5.29. The molecule has 2 rings (SSSR count). The van der Waals surface area contributed by atoms with E-state index in [-0.39, 0.29) is 6.04 Å². The van der Waals surface area contributed by atoms with Crippen LogP contribution in [0.2, 0.25) is 0 Å². The number of aryl methyl sites for hydroxylation is 1. The topological polar surface area (TPSA) is 48.1 Å². The van der Waals surface area contributed by atoms with Crippen molar-refractivity contribution < 1.29 is 4.74 Å². The first-order valence-electron chi connectivity index (χ1n) is 5.54. The van der Waals surface area contributed by atoms with Gasteiger partial charge >= 0.3 is 0 Å². The molecule has 0 amide bonds. The van der Waals surface area contributed by atoms with Crippen molar-refractivity contribution in [3.05, 3.63) is 45.9 Å². The van der Waals surface area contributed by atoms with E-state index in [0.29, 0.717) is 6.61 Å². The molecule has 0 spiro atoms. The van der Waals surface area contributed by atoms with E-state index in [4.69, 9.17) is 10.5 Å². The van der Waals surface area contributed by atoms with Gasteiger partial charge < -0.3 is 10.5 Å². The smallest absolute Gasteiger partial charge is 0.140 e. The number of nitrogens with two attached hydrogens (primary N) is 1. The van der Waals surface area contributed by atoms with Crippen molar-refractivity contribution in [3.63, 3.8) is 0 Å². The van der Waals surface area contributed by atoms with Crippen molar-refractivity contribution in [1.29, 1.82) is 0 Å². The fraction of sp³-hybridized carbons (Fsp3) is 0.308. The Morgan fingerprint density at radius 2 is 2.06 bits per heavy atom. The van der Waals surface area contributed by atoms with Gasteiger partial charge in [-0.2, -0.15) is 0 Å². The van der Waals surface area contributed by atoms with Gasteiger partial charge in [0.15, 0.2) is 0 Å². The molecular weight excluding hydrogens is 232 g/mol. The van der Waals surface area contributed by atoms with Crippen LogP contribution in [0, 0.1) is 6.92 Å². The largest absolute Gasteiger partial charge is 0.486 e. The Morgan fingerprint density at radius 1 is 1.35 bits per heavy atom. The van der Waals surface area contributed by atoms with Gasteiger partial charge in [0, 0.05) is 17.1 Å². The van der Waals surface area contributed by atoms with Gasteiger partial charge in [-0.05, 0) is 31.5 Å². The lowest BCUT2D eigenvalue weighted by Gasteiger charge is -2.07. The van der Waals surface area contributed by atoms with Crippen LogP contribution in [-0.4, -0.2) is 4.98 Å². The quantitative estimate of drug-likeness (QED) is 0.904. The monoisotopic (exact) mass is 248 g/mol. The summed E-state index contributed by atoms with van der Waals surface area (Å²) in [5, 5.41) is 3.02. The third-order valence-electron chi connectivity index (χ3n) is 2.43. The van der Waals surface area contributed by atoms with Gasteiger partial charge in [0.25, 0.3) is 0 Å². The Labute approximate surface area is 105 Å². The highest BCUT2D eigenvalue weighted by molar-refractivity contribution is 7.09. The Balaban J connectivity index is 1.95. The van der Waals surface area contributed by atoms with Gasteiger partial charge in [-0.3, -0.25) is 0 Å². The number of aromatic nitrogens is 1. The molecule has 17 heavy (non-hydrogen) atoms. The second-order valence-electron chi connectivity index (χ2n) is 4.03. The molecule has 0 saturated carbocycles. The van der Waals surface area contributed by atoms with E-state index in [0.717, 1.165) is 22.0 Å². The van der Waals surface area contributed by atoms with Crippen LogP contribution in [0.4, 0.5) is 0 Å². The minimum absolute atomic E-state index is 0.0608. The first-order valence-corrected chi connectivity index (χ1v) is 6.42. The van der Waals surface area contributed by atoms with Crippen LogP contribution >= 0.6 is 11.3 Å². The SMILES string of the molecule is Cc1csc(COc2ccc([C@H](C)N)cc2)n1. The van der Waals surface area contributed by atoms with Crippen molar-refractivity contribution in [3.8, 4) is 5.75 Å². The number of thiazole rings is 1. The molecule has 0 aliphatic heterocycles. The van der Waals surface area contributed by atoms with E-state index >= 15 is 0 Å². The average molecular weight is 248 g/mol. The van der Waals surface area contributed by atoms with Gasteiger partial charge in [0.05, 0.1) is 0 Å². The predicted octanol–water partition coefficient (Wildman–Crippen LogP) is 3.05. The van der Waals surface area contributed by atoms with E-state index in [2.05, 4.69) is 4.98 Å². The molecule has 1 heterocycles. The molecule has 0 radical (unpaired) electrons. The minimum atomic E-state index is 0.0608. The van der Waals surface area contributed by atoms with Crippen molar-refractivity contribution >= 4 is 11.3 Å². The molecule has 2 N–H and O–H groups in total. The van der Waals surface area contributed by atoms with Gasteiger partial charge in [0.2, 0.25) is 0 Å². The molecule has 0 aliphatic carbocycles. The van der Waals surface area contributed by atoms with E-state index in [1.165, 1.54) is 0 Å². The van der Waals surface area contributed by atoms with Gasteiger partial charge in [0.1, 0.15) is 17.4 Å². The fourth-order valence-corrected chi connectivity index (χ4v) is 2.16. The van der Waals surface area contributed by atoms with Crippen molar-refractivity contribution in [2.24, 2.45) is 5.73 Å². The molecule has 1 aromatic carbocycles. The van der Waals surface area contributed by atoms with Crippen LogP contribution < -0.4 is 10.5 Å². The molecule has 1 atom stereocenters. The summed E-state index contributed by atoms with van der Waals surface area (Å²) in [5.74, 6) is 0.849. The van der Waals surface area contributed by atoms with Crippen molar-refractivity contribution in [2.45, 2.75) is 26.5 Å². The van der Waals surface area contributed by atoms with Crippen LogP contribution in [-0.2, 0) is 6.61 Å². The lowest BCUT2D eigenvalue weighted by atomic mass is 10.1. The Morgan fingerprint density at radius 3 is 2.59 bits per heavy atom. The summed E-state index contributed by atoms with van der Waals surface area (Å²) in [4.78, 5) is 4.35. The van der Waals surface area contributed by atoms with Gasteiger partial charge in [-0.15, -0.1) is 11.3 Å². The molecule has 2 aromatic rings. The molecule has 0 aliphatic rings. The second-order valence-corrected chi connectivity index (χ2v) is 4.97. The summed E-state index contributed by atoms with van der Waals surface area (Å²) < 4.78 is 5.65. The van der Waals surface area contributed by atoms with E-state index in [1.807, 2.05) is 43.5 Å². The van der Waals surface area contributed by atoms with Crippen LogP contribution in [0.25, 0.3) is 0 Å². The summed E-state index contributed by atoms with van der Waals surface area (Å²) in [6.45, 7) is 4.47. The summed E-state index contributed by atoms with van der Waals surface area (Å²) in [6.07, 6.45) is 0. The van der Waals surface area contributed by atoms with E-state index in [9.17, 15) is 0 Å². The molecule has 3 nitrogen and oxygen atoms in total. The normalized spacial score (nSPS) is 12.4. The summed E-state index contributed by atoms with van der Waals surface area (Å²) in [6, 6.07) is 7.93. The van der Waals surface area contributed by atoms with Crippen molar-refractivity contribution in [2.75, 3.05) is 0 Å². The minimum Gasteiger partial charge on any atom is -0.486 e. The Bertz CT molecular complexity index is 476. The van der Waals surface area contributed by atoms with E-state index in [1.54, 1.807) is 11.3 Å². The number of hydrogen-bond acceptors (Lipinski definition) is 4. The highest BCUT2D eigenvalue weighted by Crippen LogP contribution is 2.18. The first kappa shape index (κ1) is 12.1. The molecule has 0 unspecified atom stereocenters. The van der Waals surface area contributed by atoms with Gasteiger partial charge in [-0.25, -0.2) is 4.98 Å². The third-order valence-corrected chi connectivity index (χ3v) is 3.37. The molecule has 4 heteroatoms. The summed E-state index contributed by atoms with van der Waals surface area (Å²) in [5.41, 5.74) is 7.94. The van der Waals surface area contributed by atoms with Crippen LogP contribution in [0.3, 0.4) is 0 Å². The maximum atomic E-state index is 5.78.